The lowest BCUT2D eigenvalue weighted by atomic mass is 9.98. The van der Waals surface area contributed by atoms with Gasteiger partial charge in [0, 0.05) is 5.92 Å². The van der Waals surface area contributed by atoms with Crippen molar-refractivity contribution in [2.45, 2.75) is 34.1 Å². The van der Waals surface area contributed by atoms with Crippen molar-refractivity contribution in [3.05, 3.63) is 47.9 Å². The smallest absolute Gasteiger partial charge is 0.119 e. The van der Waals surface area contributed by atoms with Crippen LogP contribution in [0.15, 0.2) is 30.9 Å². The molecule has 0 amide bonds. The average molecular weight is 231 g/mol. The van der Waals surface area contributed by atoms with Crippen LogP contribution in [0.2, 0.25) is 0 Å². The van der Waals surface area contributed by atoms with Gasteiger partial charge in [0.1, 0.15) is 5.75 Å². The van der Waals surface area contributed by atoms with Crippen LogP contribution in [-0.2, 0) is 6.42 Å². The number of rotatable bonds is 6. The lowest BCUT2D eigenvalue weighted by Crippen LogP contribution is -2.05. The van der Waals surface area contributed by atoms with Gasteiger partial charge in [-0.15, -0.1) is 6.58 Å². The number of hydrogen-bond acceptors (Lipinski definition) is 1. The van der Waals surface area contributed by atoms with Crippen LogP contribution in [0, 0.1) is 11.8 Å². The summed E-state index contributed by atoms with van der Waals surface area (Å²) in [6.45, 7) is 13.1. The van der Waals surface area contributed by atoms with Crippen LogP contribution in [0.25, 0.3) is 0 Å². The van der Waals surface area contributed by atoms with Crippen molar-refractivity contribution >= 4 is 0 Å². The Morgan fingerprint density at radius 3 is 2.59 bits per heavy atom. The number of ether oxygens (including phenoxy) is 1. The normalized spacial score (nSPS) is 10.9. The predicted molar refractivity (Wildman–Crippen MR) is 74.4 cm³/mol. The van der Waals surface area contributed by atoms with Gasteiger partial charge in [0.25, 0.3) is 0 Å². The fourth-order valence-corrected chi connectivity index (χ4v) is 1.56. The second-order valence-electron chi connectivity index (χ2n) is 4.81. The highest BCUT2D eigenvalue weighted by Gasteiger charge is 2.06. The van der Waals surface area contributed by atoms with E-state index in [0.717, 1.165) is 18.8 Å². The van der Waals surface area contributed by atoms with E-state index in [1.165, 1.54) is 17.0 Å². The Labute approximate surface area is 106 Å². The predicted octanol–water partition coefficient (Wildman–Crippen LogP) is 4.41. The van der Waals surface area contributed by atoms with E-state index in [1.807, 2.05) is 6.08 Å². The van der Waals surface area contributed by atoms with Crippen molar-refractivity contribution in [3.8, 4) is 5.75 Å². The maximum absolute atomic E-state index is 5.80. The zero-order valence-corrected chi connectivity index (χ0v) is 11.4. The lowest BCUT2D eigenvalue weighted by Gasteiger charge is -2.13. The molecule has 1 radical (unpaired) electrons. The molecular weight excluding hydrogens is 208 g/mol. The first-order valence-electron chi connectivity index (χ1n) is 6.30. The van der Waals surface area contributed by atoms with Crippen molar-refractivity contribution < 1.29 is 4.74 Å². The molecule has 0 atom stereocenters. The standard InChI is InChI=1S/C16H23O/c1-6-13(5)15-8-14(7-2)9-16(10-15)17-11-12(3)4/h6,8-10,12H,1,7,11H2,2-5H3. The van der Waals surface area contributed by atoms with Crippen molar-refractivity contribution in [2.75, 3.05) is 6.61 Å². The van der Waals surface area contributed by atoms with Gasteiger partial charge >= 0.3 is 0 Å². The zero-order chi connectivity index (χ0) is 12.8. The molecule has 1 aromatic carbocycles. The molecule has 1 rings (SSSR count). The number of allylic oxidation sites excluding steroid dienone is 1. The first-order chi connectivity index (χ1) is 8.06. The zero-order valence-electron chi connectivity index (χ0n) is 11.4. The monoisotopic (exact) mass is 231 g/mol. The Morgan fingerprint density at radius 2 is 2.06 bits per heavy atom. The van der Waals surface area contributed by atoms with Crippen molar-refractivity contribution in [3.63, 3.8) is 0 Å². The van der Waals surface area contributed by atoms with Gasteiger partial charge in [-0.05, 0) is 35.6 Å². The van der Waals surface area contributed by atoms with Crippen LogP contribution in [0.3, 0.4) is 0 Å². The molecule has 0 fully saturated rings. The molecule has 93 valence electrons. The summed E-state index contributed by atoms with van der Waals surface area (Å²) in [5, 5.41) is 0. The summed E-state index contributed by atoms with van der Waals surface area (Å²) < 4.78 is 5.80. The molecule has 0 aromatic heterocycles. The van der Waals surface area contributed by atoms with Crippen molar-refractivity contribution in [2.24, 2.45) is 5.92 Å². The third-order valence-corrected chi connectivity index (χ3v) is 2.72. The maximum Gasteiger partial charge on any atom is 0.119 e. The topological polar surface area (TPSA) is 9.23 Å². The first kappa shape index (κ1) is 13.8. The van der Waals surface area contributed by atoms with E-state index >= 15 is 0 Å². The number of hydrogen-bond donors (Lipinski definition) is 0. The molecule has 0 spiro atoms. The molecule has 1 heteroatoms. The summed E-state index contributed by atoms with van der Waals surface area (Å²) in [5.41, 5.74) is 2.51. The van der Waals surface area contributed by atoms with Gasteiger partial charge in [-0.3, -0.25) is 0 Å². The Hall–Kier alpha value is -1.24. The Kier molecular flexibility index (Phi) is 5.27. The van der Waals surface area contributed by atoms with Crippen LogP contribution >= 0.6 is 0 Å². The minimum atomic E-state index is 0.549. The van der Waals surface area contributed by atoms with Gasteiger partial charge in [0.05, 0.1) is 6.61 Å². The molecule has 0 aliphatic rings. The van der Waals surface area contributed by atoms with Crippen LogP contribution in [0.5, 0.6) is 5.75 Å². The van der Waals surface area contributed by atoms with E-state index in [1.54, 1.807) is 0 Å². The second-order valence-corrected chi connectivity index (χ2v) is 4.81. The fraction of sp³-hybridized carbons (Fsp3) is 0.438. The van der Waals surface area contributed by atoms with Crippen LogP contribution in [-0.4, -0.2) is 6.61 Å². The molecular formula is C16H23O. The summed E-state index contributed by atoms with van der Waals surface area (Å²) in [4.78, 5) is 0. The van der Waals surface area contributed by atoms with E-state index in [9.17, 15) is 0 Å². The maximum atomic E-state index is 5.80. The van der Waals surface area contributed by atoms with E-state index in [-0.39, 0.29) is 0 Å². The Bertz CT molecular complexity index is 366. The minimum Gasteiger partial charge on any atom is -0.493 e. The third kappa shape index (κ3) is 4.26. The van der Waals surface area contributed by atoms with Crippen LogP contribution < -0.4 is 4.74 Å². The van der Waals surface area contributed by atoms with Gasteiger partial charge in [-0.1, -0.05) is 39.8 Å². The second kappa shape index (κ2) is 6.48. The van der Waals surface area contributed by atoms with Crippen molar-refractivity contribution in [1.82, 2.24) is 0 Å². The molecule has 0 saturated heterocycles. The molecule has 1 aromatic rings. The lowest BCUT2D eigenvalue weighted by molar-refractivity contribution is 0.270. The van der Waals surface area contributed by atoms with Gasteiger partial charge < -0.3 is 4.74 Å². The molecule has 1 nitrogen and oxygen atoms in total. The Morgan fingerprint density at radius 1 is 1.35 bits per heavy atom. The minimum absolute atomic E-state index is 0.549. The molecule has 0 heterocycles. The summed E-state index contributed by atoms with van der Waals surface area (Å²) in [5.74, 6) is 2.71. The van der Waals surface area contributed by atoms with E-state index < -0.39 is 0 Å². The Balaban J connectivity index is 2.92. The molecule has 0 bridgehead atoms. The van der Waals surface area contributed by atoms with Gasteiger partial charge in [-0.25, -0.2) is 0 Å². The first-order valence-corrected chi connectivity index (χ1v) is 6.30. The summed E-state index contributed by atoms with van der Waals surface area (Å²) in [7, 11) is 0. The third-order valence-electron chi connectivity index (χ3n) is 2.72. The summed E-state index contributed by atoms with van der Waals surface area (Å²) in [6.07, 6.45) is 2.91. The number of benzene rings is 1. The molecule has 0 saturated carbocycles. The van der Waals surface area contributed by atoms with E-state index in [0.29, 0.717) is 5.92 Å². The SMILES string of the molecule is C=C[C](C)c1cc(CC)cc(OCC(C)C)c1. The average Bonchev–Trinajstić information content (AvgIpc) is 2.34. The number of aryl methyl sites for hydroxylation is 1. The quantitative estimate of drug-likeness (QED) is 0.704. The molecule has 0 unspecified atom stereocenters. The summed E-state index contributed by atoms with van der Waals surface area (Å²) in [6, 6.07) is 6.43. The molecule has 0 aliphatic heterocycles. The highest BCUT2D eigenvalue weighted by Crippen LogP contribution is 2.24. The van der Waals surface area contributed by atoms with Crippen molar-refractivity contribution in [1.29, 1.82) is 0 Å². The molecule has 0 N–H and O–H groups in total. The fourth-order valence-electron chi connectivity index (χ4n) is 1.56. The van der Waals surface area contributed by atoms with E-state index in [2.05, 4.69) is 52.5 Å². The summed E-state index contributed by atoms with van der Waals surface area (Å²) >= 11 is 0. The van der Waals surface area contributed by atoms with Crippen LogP contribution in [0.4, 0.5) is 0 Å². The van der Waals surface area contributed by atoms with Gasteiger partial charge in [-0.2, -0.15) is 0 Å². The van der Waals surface area contributed by atoms with Gasteiger partial charge in [0.2, 0.25) is 0 Å². The largest absolute Gasteiger partial charge is 0.493 e. The van der Waals surface area contributed by atoms with E-state index in [4.69, 9.17) is 4.74 Å². The highest BCUT2D eigenvalue weighted by atomic mass is 16.5. The molecule has 0 aliphatic carbocycles. The highest BCUT2D eigenvalue weighted by molar-refractivity contribution is 5.43. The van der Waals surface area contributed by atoms with Gasteiger partial charge in [0.15, 0.2) is 0 Å². The molecule has 17 heavy (non-hydrogen) atoms. The van der Waals surface area contributed by atoms with Crippen LogP contribution in [0.1, 0.15) is 38.8 Å².